The molecule has 2 aromatic rings. The Hall–Kier alpha value is -1.44. The number of carbonyl (C=O) groups is 1. The Morgan fingerprint density at radius 3 is 2.55 bits per heavy atom. The molecule has 0 fully saturated rings. The van der Waals surface area contributed by atoms with Crippen LogP contribution in [0.25, 0.3) is 0 Å². The van der Waals surface area contributed by atoms with Crippen LogP contribution >= 0.6 is 35.0 Å². The minimum absolute atomic E-state index is 0.204. The van der Waals surface area contributed by atoms with Crippen LogP contribution in [-0.4, -0.2) is 26.0 Å². The summed E-state index contributed by atoms with van der Waals surface area (Å²) in [5.41, 5.74) is 0.540. The molecule has 1 amide bonds. The number of nitrogen functional groups attached to an aromatic ring is 1. The van der Waals surface area contributed by atoms with Gasteiger partial charge in [0.1, 0.15) is 0 Å². The summed E-state index contributed by atoms with van der Waals surface area (Å²) >= 11 is 13.0. The average Bonchev–Trinajstić information content (AvgIpc) is 2.78. The molecule has 2 rings (SSSR count). The maximum absolute atomic E-state index is 12.2. The van der Waals surface area contributed by atoms with Gasteiger partial charge in [0.05, 0.1) is 5.25 Å². The summed E-state index contributed by atoms with van der Waals surface area (Å²) < 4.78 is 1.39. The van der Waals surface area contributed by atoms with Gasteiger partial charge in [-0.05, 0) is 25.1 Å². The van der Waals surface area contributed by atoms with Crippen molar-refractivity contribution in [3.63, 3.8) is 0 Å². The number of aryl methyl sites for hydroxylation is 1. The van der Waals surface area contributed by atoms with Gasteiger partial charge in [-0.3, -0.25) is 4.79 Å². The Balaban J connectivity index is 2.04. The van der Waals surface area contributed by atoms with Crippen molar-refractivity contribution in [2.75, 3.05) is 11.2 Å². The van der Waals surface area contributed by atoms with Crippen LogP contribution in [0.1, 0.15) is 19.7 Å². The Labute approximate surface area is 142 Å². The third kappa shape index (κ3) is 4.06. The molecule has 0 aliphatic rings. The summed E-state index contributed by atoms with van der Waals surface area (Å²) in [5.74, 6) is 6.32. The van der Waals surface area contributed by atoms with E-state index in [2.05, 4.69) is 15.5 Å². The third-order valence-corrected chi connectivity index (χ3v) is 4.33. The topological polar surface area (TPSA) is 85.8 Å². The zero-order valence-corrected chi connectivity index (χ0v) is 14.3. The van der Waals surface area contributed by atoms with E-state index in [1.807, 2.05) is 6.92 Å². The second-order valence-corrected chi connectivity index (χ2v) is 6.71. The predicted molar refractivity (Wildman–Crippen MR) is 90.0 cm³/mol. The lowest BCUT2D eigenvalue weighted by Crippen LogP contribution is -2.23. The zero-order valence-electron chi connectivity index (χ0n) is 12.0. The number of nitrogens with two attached hydrogens (primary N) is 1. The number of hydrogen-bond donors (Lipinski definition) is 2. The lowest BCUT2D eigenvalue weighted by Gasteiger charge is -2.12. The Morgan fingerprint density at radius 1 is 1.36 bits per heavy atom. The van der Waals surface area contributed by atoms with E-state index in [-0.39, 0.29) is 5.91 Å². The lowest BCUT2D eigenvalue weighted by atomic mass is 10.3. The molecule has 1 aromatic carbocycles. The van der Waals surface area contributed by atoms with E-state index >= 15 is 0 Å². The number of hydrogen-bond acceptors (Lipinski definition) is 5. The van der Waals surface area contributed by atoms with Crippen LogP contribution in [0.2, 0.25) is 10.0 Å². The van der Waals surface area contributed by atoms with E-state index in [4.69, 9.17) is 29.0 Å². The molecule has 1 heterocycles. The Bertz CT molecular complexity index is 671. The number of rotatable bonds is 5. The number of aromatic nitrogens is 3. The molecule has 0 saturated heterocycles. The first-order valence-electron chi connectivity index (χ1n) is 6.53. The number of anilines is 1. The van der Waals surface area contributed by atoms with E-state index in [1.165, 1.54) is 16.4 Å². The fraction of sp³-hybridized carbons (Fsp3) is 0.308. The summed E-state index contributed by atoms with van der Waals surface area (Å²) in [5, 5.41) is 11.7. The molecule has 0 saturated carbocycles. The van der Waals surface area contributed by atoms with Crippen molar-refractivity contribution in [3.05, 3.63) is 34.1 Å². The molecule has 118 valence electrons. The first kappa shape index (κ1) is 16.9. The molecule has 0 aliphatic carbocycles. The van der Waals surface area contributed by atoms with E-state index in [0.717, 1.165) is 0 Å². The van der Waals surface area contributed by atoms with Gasteiger partial charge in [0, 0.05) is 22.2 Å². The molecule has 9 heteroatoms. The van der Waals surface area contributed by atoms with Gasteiger partial charge in [-0.2, -0.15) is 0 Å². The summed E-state index contributed by atoms with van der Waals surface area (Å²) in [7, 11) is 0. The average molecular weight is 360 g/mol. The van der Waals surface area contributed by atoms with Gasteiger partial charge in [0.2, 0.25) is 11.1 Å². The normalized spacial score (nSPS) is 12.2. The van der Waals surface area contributed by atoms with E-state index in [0.29, 0.717) is 33.1 Å². The smallest absolute Gasteiger partial charge is 0.237 e. The third-order valence-electron chi connectivity index (χ3n) is 2.83. The first-order valence-corrected chi connectivity index (χ1v) is 8.17. The molecule has 0 radical (unpaired) electrons. The summed E-state index contributed by atoms with van der Waals surface area (Å²) in [6.07, 6.45) is 0.672. The van der Waals surface area contributed by atoms with Crippen molar-refractivity contribution in [1.29, 1.82) is 0 Å². The van der Waals surface area contributed by atoms with Crippen LogP contribution in [0.15, 0.2) is 23.4 Å². The molecule has 3 N–H and O–H groups in total. The monoisotopic (exact) mass is 359 g/mol. The quantitative estimate of drug-likeness (QED) is 0.632. The number of amides is 1. The van der Waals surface area contributed by atoms with E-state index in [9.17, 15) is 4.79 Å². The van der Waals surface area contributed by atoms with Crippen molar-refractivity contribution in [2.45, 2.75) is 30.7 Å². The van der Waals surface area contributed by atoms with Gasteiger partial charge < -0.3 is 11.2 Å². The lowest BCUT2D eigenvalue weighted by molar-refractivity contribution is -0.115. The first-order chi connectivity index (χ1) is 10.4. The van der Waals surface area contributed by atoms with Gasteiger partial charge in [-0.25, -0.2) is 4.68 Å². The molecule has 1 atom stereocenters. The minimum atomic E-state index is -0.408. The van der Waals surface area contributed by atoms with Gasteiger partial charge >= 0.3 is 0 Å². The SMILES string of the molecule is CCc1nnc(S[C@H](C)C(=O)Nc2cc(Cl)cc(Cl)c2)n1N. The van der Waals surface area contributed by atoms with Crippen LogP contribution in [0.5, 0.6) is 0 Å². The Kier molecular flexibility index (Phi) is 5.55. The van der Waals surface area contributed by atoms with E-state index in [1.54, 1.807) is 25.1 Å². The highest BCUT2D eigenvalue weighted by atomic mass is 35.5. The number of nitrogens with one attached hydrogen (secondary N) is 1. The largest absolute Gasteiger partial charge is 0.336 e. The van der Waals surface area contributed by atoms with Crippen LogP contribution in [0.4, 0.5) is 5.69 Å². The van der Waals surface area contributed by atoms with Crippen molar-refractivity contribution in [3.8, 4) is 0 Å². The molecular formula is C13H15Cl2N5OS. The fourth-order valence-corrected chi connectivity index (χ4v) is 3.03. The molecule has 1 aromatic heterocycles. The second kappa shape index (κ2) is 7.21. The van der Waals surface area contributed by atoms with Gasteiger partial charge in [-0.1, -0.05) is 41.9 Å². The molecule has 0 aliphatic heterocycles. The highest BCUT2D eigenvalue weighted by Gasteiger charge is 2.19. The van der Waals surface area contributed by atoms with Gasteiger partial charge in [-0.15, -0.1) is 10.2 Å². The number of thioether (sulfide) groups is 1. The highest BCUT2D eigenvalue weighted by Crippen LogP contribution is 2.25. The van der Waals surface area contributed by atoms with Crippen molar-refractivity contribution in [1.82, 2.24) is 14.9 Å². The number of nitrogens with zero attached hydrogens (tertiary/aromatic N) is 3. The zero-order chi connectivity index (χ0) is 16.3. The number of carbonyl (C=O) groups excluding carboxylic acids is 1. The predicted octanol–water partition coefficient (Wildman–Crippen LogP) is 2.98. The molecular weight excluding hydrogens is 345 g/mol. The maximum Gasteiger partial charge on any atom is 0.237 e. The fourth-order valence-electron chi connectivity index (χ4n) is 1.71. The molecule has 22 heavy (non-hydrogen) atoms. The number of benzene rings is 1. The summed E-state index contributed by atoms with van der Waals surface area (Å²) in [6.45, 7) is 3.69. The van der Waals surface area contributed by atoms with Crippen molar-refractivity contribution in [2.24, 2.45) is 0 Å². The summed E-state index contributed by atoms with van der Waals surface area (Å²) in [4.78, 5) is 12.2. The molecule has 0 unspecified atom stereocenters. The maximum atomic E-state index is 12.2. The van der Waals surface area contributed by atoms with Crippen molar-refractivity contribution < 1.29 is 4.79 Å². The minimum Gasteiger partial charge on any atom is -0.336 e. The van der Waals surface area contributed by atoms with Crippen molar-refractivity contribution >= 4 is 46.6 Å². The van der Waals surface area contributed by atoms with Crippen LogP contribution < -0.4 is 11.2 Å². The molecule has 6 nitrogen and oxygen atoms in total. The standard InChI is InChI=1S/C13H15Cl2N5OS/c1-3-11-18-19-13(20(11)16)22-7(2)12(21)17-10-5-8(14)4-9(15)6-10/h4-7H,3,16H2,1-2H3,(H,17,21)/t7-/m1/s1. The molecule has 0 spiro atoms. The van der Waals surface area contributed by atoms with Crippen LogP contribution in [0.3, 0.4) is 0 Å². The number of halogens is 2. The summed E-state index contributed by atoms with van der Waals surface area (Å²) in [6, 6.07) is 4.85. The van der Waals surface area contributed by atoms with E-state index < -0.39 is 5.25 Å². The van der Waals surface area contributed by atoms with Crippen LogP contribution in [-0.2, 0) is 11.2 Å². The Morgan fingerprint density at radius 2 is 2.00 bits per heavy atom. The highest BCUT2D eigenvalue weighted by molar-refractivity contribution is 8.00. The second-order valence-electron chi connectivity index (χ2n) is 4.53. The van der Waals surface area contributed by atoms with Crippen LogP contribution in [0, 0.1) is 0 Å². The van der Waals surface area contributed by atoms with Gasteiger partial charge in [0.25, 0.3) is 0 Å². The molecule has 0 bridgehead atoms. The van der Waals surface area contributed by atoms with Gasteiger partial charge in [0.15, 0.2) is 5.82 Å².